The molecule has 1 aliphatic heterocycles. The highest BCUT2D eigenvalue weighted by atomic mass is 16.5. The fourth-order valence-electron chi connectivity index (χ4n) is 2.91. The molecule has 2 aromatic carbocycles. The summed E-state index contributed by atoms with van der Waals surface area (Å²) >= 11 is 0. The quantitative estimate of drug-likeness (QED) is 0.477. The molecule has 5 nitrogen and oxygen atoms in total. The van der Waals surface area contributed by atoms with Crippen molar-refractivity contribution in [2.45, 2.75) is 26.0 Å². The first-order valence-corrected chi connectivity index (χ1v) is 8.21. The molecule has 0 atom stereocenters. The van der Waals surface area contributed by atoms with Gasteiger partial charge in [-0.15, -0.1) is 0 Å². The van der Waals surface area contributed by atoms with Gasteiger partial charge in [0.05, 0.1) is 17.3 Å². The van der Waals surface area contributed by atoms with Gasteiger partial charge in [-0.2, -0.15) is 15.5 Å². The average molecular weight is 342 g/mol. The lowest BCUT2D eigenvalue weighted by Crippen LogP contribution is -2.33. The van der Waals surface area contributed by atoms with Crippen LogP contribution in [0.15, 0.2) is 59.6 Å². The molecule has 0 aromatic heterocycles. The molecule has 0 saturated carbocycles. The van der Waals surface area contributed by atoms with Gasteiger partial charge in [0, 0.05) is 12.1 Å². The molecule has 5 heteroatoms. The maximum atomic E-state index is 9.25. The van der Waals surface area contributed by atoms with Gasteiger partial charge >= 0.3 is 0 Å². The number of aliphatic imine (C=N–C) groups is 1. The Morgan fingerprint density at radius 2 is 1.92 bits per heavy atom. The zero-order valence-corrected chi connectivity index (χ0v) is 14.7. The SMILES string of the molecule is CC1(C)C=C(N(C=NC#N)Cc2ccccc2)c2cc(C#N)ccc2O1. The van der Waals surface area contributed by atoms with Gasteiger partial charge in [-0.05, 0) is 43.7 Å². The van der Waals surface area contributed by atoms with Crippen LogP contribution in [0.2, 0.25) is 0 Å². The molecule has 0 fully saturated rings. The number of nitriles is 2. The summed E-state index contributed by atoms with van der Waals surface area (Å²) in [5.74, 6) is 0.704. The zero-order valence-electron chi connectivity index (χ0n) is 14.7. The third-order valence-corrected chi connectivity index (χ3v) is 4.00. The summed E-state index contributed by atoms with van der Waals surface area (Å²) < 4.78 is 6.03. The maximum absolute atomic E-state index is 9.25. The van der Waals surface area contributed by atoms with E-state index in [0.717, 1.165) is 16.8 Å². The van der Waals surface area contributed by atoms with Gasteiger partial charge in [0.25, 0.3) is 0 Å². The van der Waals surface area contributed by atoms with Crippen LogP contribution in [0.3, 0.4) is 0 Å². The fourth-order valence-corrected chi connectivity index (χ4v) is 2.91. The van der Waals surface area contributed by atoms with E-state index >= 15 is 0 Å². The summed E-state index contributed by atoms with van der Waals surface area (Å²) in [7, 11) is 0. The Morgan fingerprint density at radius 1 is 1.15 bits per heavy atom. The predicted molar refractivity (Wildman–Crippen MR) is 99.9 cm³/mol. The molecule has 26 heavy (non-hydrogen) atoms. The van der Waals surface area contributed by atoms with Crippen LogP contribution in [-0.2, 0) is 6.54 Å². The molecule has 0 unspecified atom stereocenters. The molecule has 128 valence electrons. The van der Waals surface area contributed by atoms with Crippen molar-refractivity contribution in [1.82, 2.24) is 4.90 Å². The minimum absolute atomic E-state index is 0.522. The van der Waals surface area contributed by atoms with Gasteiger partial charge in [-0.25, -0.2) is 0 Å². The second-order valence-electron chi connectivity index (χ2n) is 6.52. The molecule has 0 saturated heterocycles. The Hall–Kier alpha value is -3.57. The lowest BCUT2D eigenvalue weighted by Gasteiger charge is -2.35. The molecule has 1 aliphatic rings. The van der Waals surface area contributed by atoms with Crippen LogP contribution in [0.1, 0.15) is 30.5 Å². The van der Waals surface area contributed by atoms with Crippen LogP contribution in [0.5, 0.6) is 5.75 Å². The minimum Gasteiger partial charge on any atom is -0.483 e. The monoisotopic (exact) mass is 342 g/mol. The van der Waals surface area contributed by atoms with Gasteiger partial charge in [0.2, 0.25) is 6.19 Å². The van der Waals surface area contributed by atoms with Crippen LogP contribution >= 0.6 is 0 Å². The molecule has 0 amide bonds. The van der Waals surface area contributed by atoms with Crippen molar-refractivity contribution in [2.75, 3.05) is 0 Å². The maximum Gasteiger partial charge on any atom is 0.207 e. The molecule has 1 heterocycles. The largest absolute Gasteiger partial charge is 0.483 e. The normalized spacial score (nSPS) is 14.5. The van der Waals surface area contributed by atoms with E-state index in [9.17, 15) is 5.26 Å². The highest BCUT2D eigenvalue weighted by Gasteiger charge is 2.29. The van der Waals surface area contributed by atoms with Crippen LogP contribution < -0.4 is 4.74 Å². The number of rotatable bonds is 4. The molecule has 0 bridgehead atoms. The topological polar surface area (TPSA) is 72.4 Å². The van der Waals surface area contributed by atoms with E-state index < -0.39 is 5.60 Å². The number of nitrogens with zero attached hydrogens (tertiary/aromatic N) is 4. The van der Waals surface area contributed by atoms with Crippen molar-refractivity contribution < 1.29 is 4.74 Å². The summed E-state index contributed by atoms with van der Waals surface area (Å²) in [5, 5.41) is 18.1. The second-order valence-corrected chi connectivity index (χ2v) is 6.52. The third kappa shape index (κ3) is 3.74. The molecule has 0 N–H and O–H groups in total. The summed E-state index contributed by atoms with van der Waals surface area (Å²) in [4.78, 5) is 5.67. The first kappa shape index (κ1) is 17.3. The average Bonchev–Trinajstić information content (AvgIpc) is 2.64. The molecule has 3 rings (SSSR count). The fraction of sp³-hybridized carbons (Fsp3) is 0.190. The first-order valence-electron chi connectivity index (χ1n) is 8.21. The van der Waals surface area contributed by atoms with Crippen molar-refractivity contribution in [3.63, 3.8) is 0 Å². The summed E-state index contributed by atoms with van der Waals surface area (Å²) in [5.41, 5.74) is 2.78. The zero-order chi connectivity index (χ0) is 18.6. The van der Waals surface area contributed by atoms with E-state index in [2.05, 4.69) is 11.1 Å². The Morgan fingerprint density at radius 3 is 2.62 bits per heavy atom. The van der Waals surface area contributed by atoms with Gasteiger partial charge in [0.1, 0.15) is 17.7 Å². The Labute approximate surface area is 153 Å². The number of fused-ring (bicyclic) bond motifs is 1. The lowest BCUT2D eigenvalue weighted by molar-refractivity contribution is 0.156. The van der Waals surface area contributed by atoms with Gasteiger partial charge < -0.3 is 9.64 Å². The van der Waals surface area contributed by atoms with E-state index in [1.165, 1.54) is 6.34 Å². The van der Waals surface area contributed by atoms with Gasteiger partial charge in [-0.1, -0.05) is 30.3 Å². The van der Waals surface area contributed by atoms with Crippen LogP contribution in [0.25, 0.3) is 5.70 Å². The molecule has 0 radical (unpaired) electrons. The van der Waals surface area contributed by atoms with Crippen LogP contribution in [0, 0.1) is 22.8 Å². The highest BCUT2D eigenvalue weighted by Crippen LogP contribution is 2.38. The van der Waals surface area contributed by atoms with Crippen molar-refractivity contribution in [3.05, 3.63) is 71.3 Å². The number of ether oxygens (including phenoxy) is 1. The Kier molecular flexibility index (Phi) is 4.73. The molecule has 0 spiro atoms. The Bertz CT molecular complexity index is 946. The van der Waals surface area contributed by atoms with E-state index in [4.69, 9.17) is 10.00 Å². The smallest absolute Gasteiger partial charge is 0.207 e. The molecular weight excluding hydrogens is 324 g/mol. The minimum atomic E-state index is -0.522. The summed E-state index contributed by atoms with van der Waals surface area (Å²) in [6.45, 7) is 4.48. The van der Waals surface area contributed by atoms with Crippen molar-refractivity contribution in [2.24, 2.45) is 4.99 Å². The van der Waals surface area contributed by atoms with Crippen molar-refractivity contribution >= 4 is 12.0 Å². The van der Waals surface area contributed by atoms with E-state index in [0.29, 0.717) is 17.9 Å². The van der Waals surface area contributed by atoms with Crippen LogP contribution in [0.4, 0.5) is 0 Å². The van der Waals surface area contributed by atoms with E-state index in [1.807, 2.05) is 67.4 Å². The predicted octanol–water partition coefficient (Wildman–Crippen LogP) is 4.08. The summed E-state index contributed by atoms with van der Waals surface area (Å²) in [6.07, 6.45) is 5.31. The third-order valence-electron chi connectivity index (χ3n) is 4.00. The van der Waals surface area contributed by atoms with Gasteiger partial charge in [0.15, 0.2) is 0 Å². The lowest BCUT2D eigenvalue weighted by atomic mass is 9.97. The second kappa shape index (κ2) is 7.13. The number of hydrogen-bond donors (Lipinski definition) is 0. The standard InChI is InChI=1S/C21H18N4O/c1-21(2)11-19(18-10-17(12-22)8-9-20(18)26-21)25(15-24-14-23)13-16-6-4-3-5-7-16/h3-11,15H,13H2,1-2H3. The first-order chi connectivity index (χ1) is 12.5. The van der Waals surface area contributed by atoms with E-state index in [-0.39, 0.29) is 0 Å². The molecule has 0 aliphatic carbocycles. The van der Waals surface area contributed by atoms with Crippen molar-refractivity contribution in [1.29, 1.82) is 10.5 Å². The van der Waals surface area contributed by atoms with E-state index in [1.54, 1.807) is 12.1 Å². The molecular formula is C21H18N4O. The van der Waals surface area contributed by atoms with Crippen molar-refractivity contribution in [3.8, 4) is 18.0 Å². The van der Waals surface area contributed by atoms with Gasteiger partial charge in [-0.3, -0.25) is 0 Å². The number of benzene rings is 2. The number of hydrogen-bond acceptors (Lipinski definition) is 4. The molecule has 2 aromatic rings. The Balaban J connectivity index is 2.09. The highest BCUT2D eigenvalue weighted by molar-refractivity contribution is 5.81. The van der Waals surface area contributed by atoms with Crippen LogP contribution in [-0.4, -0.2) is 16.8 Å². The summed E-state index contributed by atoms with van der Waals surface area (Å²) in [6, 6.07) is 17.5.